The van der Waals surface area contributed by atoms with E-state index in [0.29, 0.717) is 16.8 Å². The molecule has 0 amide bonds. The van der Waals surface area contributed by atoms with Crippen LogP contribution in [0, 0.1) is 6.92 Å². The number of allylic oxidation sites excluding steroid dienone is 1. The molecule has 0 spiro atoms. The highest BCUT2D eigenvalue weighted by molar-refractivity contribution is 7.93. The summed E-state index contributed by atoms with van der Waals surface area (Å²) in [5.41, 5.74) is 2.21. The third-order valence-corrected chi connectivity index (χ3v) is 5.72. The van der Waals surface area contributed by atoms with Gasteiger partial charge in [-0.05, 0) is 30.7 Å². The van der Waals surface area contributed by atoms with E-state index in [1.165, 1.54) is 13.1 Å². The summed E-state index contributed by atoms with van der Waals surface area (Å²) in [5, 5.41) is 0. The minimum atomic E-state index is -3.81. The normalized spacial score (nSPS) is 17.8. The summed E-state index contributed by atoms with van der Waals surface area (Å²) in [4.78, 5) is 0.0358. The molecule has 0 saturated heterocycles. The first kappa shape index (κ1) is 15.7. The number of alkyl halides is 2. The fraction of sp³-hybridized carbons (Fsp3) is 0.176. The molecule has 1 aliphatic rings. The number of hydrogen-bond donors (Lipinski definition) is 0. The monoisotopic (exact) mass is 335 g/mol. The summed E-state index contributed by atoms with van der Waals surface area (Å²) < 4.78 is 53.0. The van der Waals surface area contributed by atoms with E-state index in [9.17, 15) is 17.2 Å². The van der Waals surface area contributed by atoms with Crippen molar-refractivity contribution in [2.45, 2.75) is 18.2 Å². The van der Waals surface area contributed by atoms with Crippen LogP contribution in [0.25, 0.3) is 5.57 Å². The molecule has 6 heteroatoms. The number of benzene rings is 2. The Labute approximate surface area is 133 Å². The third kappa shape index (κ3) is 2.53. The maximum absolute atomic E-state index is 13.1. The van der Waals surface area contributed by atoms with Gasteiger partial charge in [0, 0.05) is 18.2 Å². The Bertz CT molecular complexity index is 905. The summed E-state index contributed by atoms with van der Waals surface area (Å²) >= 11 is 0. The molecule has 0 radical (unpaired) electrons. The van der Waals surface area contributed by atoms with Gasteiger partial charge >= 0.3 is 0 Å². The van der Waals surface area contributed by atoms with Crippen molar-refractivity contribution in [3.63, 3.8) is 0 Å². The van der Waals surface area contributed by atoms with Crippen LogP contribution in [0.4, 0.5) is 14.5 Å². The van der Waals surface area contributed by atoms with Crippen LogP contribution < -0.4 is 4.31 Å². The zero-order valence-corrected chi connectivity index (χ0v) is 13.4. The van der Waals surface area contributed by atoms with Crippen molar-refractivity contribution in [1.82, 2.24) is 0 Å². The molecule has 0 saturated carbocycles. The van der Waals surface area contributed by atoms with E-state index in [4.69, 9.17) is 0 Å². The molecule has 2 aromatic carbocycles. The largest absolute Gasteiger partial charge is 0.269 e. The van der Waals surface area contributed by atoms with Gasteiger partial charge in [0.05, 0.1) is 10.6 Å². The molecular formula is C17H15F2NO2S. The lowest BCUT2D eigenvalue weighted by molar-refractivity contribution is 0.205. The Morgan fingerprint density at radius 1 is 1.09 bits per heavy atom. The molecule has 3 nitrogen and oxygen atoms in total. The average Bonchev–Trinajstić information content (AvgIpc) is 2.56. The van der Waals surface area contributed by atoms with Crippen LogP contribution in [0.1, 0.15) is 16.7 Å². The van der Waals surface area contributed by atoms with Crippen LogP contribution in [0.3, 0.4) is 0 Å². The number of rotatable bonds is 1. The number of aryl methyl sites for hydroxylation is 1. The molecule has 23 heavy (non-hydrogen) atoms. The van der Waals surface area contributed by atoms with Crippen molar-refractivity contribution in [2.24, 2.45) is 0 Å². The summed E-state index contributed by atoms with van der Waals surface area (Å²) in [6.07, 6.45) is -1.87. The molecule has 0 fully saturated rings. The Kier molecular flexibility index (Phi) is 3.72. The minimum Gasteiger partial charge on any atom is -0.269 e. The fourth-order valence-corrected chi connectivity index (χ4v) is 4.18. The van der Waals surface area contributed by atoms with E-state index in [0.717, 1.165) is 15.9 Å². The van der Waals surface area contributed by atoms with E-state index in [2.05, 4.69) is 0 Å². The summed E-state index contributed by atoms with van der Waals surface area (Å²) in [5.74, 6) is 0. The smallest absolute Gasteiger partial charge is 0.264 e. The van der Waals surface area contributed by atoms with Crippen LogP contribution in [-0.4, -0.2) is 21.9 Å². The molecule has 1 aliphatic heterocycles. The number of anilines is 1. The van der Waals surface area contributed by atoms with Gasteiger partial charge in [-0.25, -0.2) is 17.2 Å². The van der Waals surface area contributed by atoms with Gasteiger partial charge < -0.3 is 0 Å². The highest BCUT2D eigenvalue weighted by Gasteiger charge is 2.32. The van der Waals surface area contributed by atoms with Crippen molar-refractivity contribution >= 4 is 21.3 Å². The Morgan fingerprint density at radius 3 is 2.48 bits per heavy atom. The second kappa shape index (κ2) is 5.45. The Morgan fingerprint density at radius 2 is 1.78 bits per heavy atom. The van der Waals surface area contributed by atoms with Gasteiger partial charge in [0.15, 0.2) is 0 Å². The molecule has 0 aromatic heterocycles. The number of para-hydroxylation sites is 1. The predicted molar refractivity (Wildman–Crippen MR) is 86.3 cm³/mol. The number of nitrogens with zero attached hydrogens (tertiary/aromatic N) is 1. The quantitative estimate of drug-likeness (QED) is 0.794. The topological polar surface area (TPSA) is 37.4 Å². The summed E-state index contributed by atoms with van der Waals surface area (Å²) in [6.45, 7) is 1.80. The van der Waals surface area contributed by atoms with Crippen molar-refractivity contribution in [2.75, 3.05) is 11.4 Å². The minimum absolute atomic E-state index is 0.0358. The van der Waals surface area contributed by atoms with Gasteiger partial charge in [0.25, 0.3) is 16.4 Å². The van der Waals surface area contributed by atoms with Crippen molar-refractivity contribution in [1.29, 1.82) is 0 Å². The molecule has 3 rings (SSSR count). The highest BCUT2D eigenvalue weighted by Crippen LogP contribution is 2.41. The first-order valence-corrected chi connectivity index (χ1v) is 8.45. The van der Waals surface area contributed by atoms with Crippen molar-refractivity contribution < 1.29 is 17.2 Å². The first-order valence-electron chi connectivity index (χ1n) is 7.01. The number of halogens is 2. The SMILES string of the molecule is Cc1ccc2c(c1)/C(=C/C(F)F)c1ccccc1N(C)S2(=O)=O. The van der Waals surface area contributed by atoms with Crippen molar-refractivity contribution in [3.05, 3.63) is 65.2 Å². The molecule has 0 unspecified atom stereocenters. The second-order valence-electron chi connectivity index (χ2n) is 5.40. The van der Waals surface area contributed by atoms with Crippen LogP contribution in [0.15, 0.2) is 53.4 Å². The van der Waals surface area contributed by atoms with Gasteiger partial charge in [-0.15, -0.1) is 0 Å². The van der Waals surface area contributed by atoms with Gasteiger partial charge in [-0.3, -0.25) is 4.31 Å². The molecule has 2 aromatic rings. The Balaban J connectivity index is 2.48. The lowest BCUT2D eigenvalue weighted by atomic mass is 9.95. The predicted octanol–water partition coefficient (Wildman–Crippen LogP) is 3.83. The highest BCUT2D eigenvalue weighted by atomic mass is 32.2. The third-order valence-electron chi connectivity index (χ3n) is 3.89. The standard InChI is InChI=1S/C17H15F2NO2S/c1-11-7-8-16-14(9-11)13(10-17(18)19)12-5-3-4-6-15(12)20(2)23(16,21)22/h3-10,17H,1-2H3/b13-10+. The van der Waals surface area contributed by atoms with E-state index in [1.54, 1.807) is 43.3 Å². The number of fused-ring (bicyclic) bond motifs is 2. The average molecular weight is 335 g/mol. The molecule has 120 valence electrons. The molecular weight excluding hydrogens is 320 g/mol. The lowest BCUT2D eigenvalue weighted by Crippen LogP contribution is -2.26. The summed E-state index contributed by atoms with van der Waals surface area (Å²) in [6, 6.07) is 11.4. The zero-order chi connectivity index (χ0) is 16.8. The molecule has 1 heterocycles. The van der Waals surface area contributed by atoms with Gasteiger partial charge in [-0.1, -0.05) is 35.9 Å². The molecule has 0 atom stereocenters. The first-order chi connectivity index (χ1) is 10.8. The maximum atomic E-state index is 13.1. The number of hydrogen-bond acceptors (Lipinski definition) is 2. The number of sulfonamides is 1. The fourth-order valence-electron chi connectivity index (χ4n) is 2.78. The summed E-state index contributed by atoms with van der Waals surface area (Å²) in [7, 11) is -2.37. The van der Waals surface area contributed by atoms with E-state index in [-0.39, 0.29) is 10.5 Å². The zero-order valence-electron chi connectivity index (χ0n) is 12.6. The maximum Gasteiger partial charge on any atom is 0.264 e. The van der Waals surface area contributed by atoms with E-state index in [1.807, 2.05) is 0 Å². The van der Waals surface area contributed by atoms with Crippen LogP contribution in [0.2, 0.25) is 0 Å². The molecule has 0 aliphatic carbocycles. The van der Waals surface area contributed by atoms with Gasteiger partial charge in [-0.2, -0.15) is 0 Å². The van der Waals surface area contributed by atoms with E-state index >= 15 is 0 Å². The molecule has 0 N–H and O–H groups in total. The Hall–Kier alpha value is -2.21. The van der Waals surface area contributed by atoms with Gasteiger partial charge in [0.1, 0.15) is 0 Å². The second-order valence-corrected chi connectivity index (χ2v) is 7.34. The van der Waals surface area contributed by atoms with Crippen LogP contribution in [-0.2, 0) is 10.0 Å². The lowest BCUT2D eigenvalue weighted by Gasteiger charge is -2.19. The van der Waals surface area contributed by atoms with Crippen LogP contribution in [0.5, 0.6) is 0 Å². The van der Waals surface area contributed by atoms with Crippen LogP contribution >= 0.6 is 0 Å². The van der Waals surface area contributed by atoms with Gasteiger partial charge in [0.2, 0.25) is 0 Å². The van der Waals surface area contributed by atoms with Crippen molar-refractivity contribution in [3.8, 4) is 0 Å². The molecule has 0 bridgehead atoms. The van der Waals surface area contributed by atoms with E-state index < -0.39 is 16.4 Å².